The van der Waals surface area contributed by atoms with Gasteiger partial charge in [0.2, 0.25) is 0 Å². The standard InChI is InChI=1S/C15H23NO4/c1-12-6-7-13(14(10-12)19-4)20-11-15(17)16(2)8-5-9-18-3/h6-7,10H,5,8-9,11H2,1-4H3. The van der Waals surface area contributed by atoms with Crippen LogP contribution in [-0.2, 0) is 9.53 Å². The minimum absolute atomic E-state index is 0.00288. The van der Waals surface area contributed by atoms with Crippen LogP contribution in [0.2, 0.25) is 0 Å². The molecule has 0 aromatic heterocycles. The van der Waals surface area contributed by atoms with Gasteiger partial charge in [-0.2, -0.15) is 0 Å². The van der Waals surface area contributed by atoms with E-state index in [2.05, 4.69) is 0 Å². The minimum Gasteiger partial charge on any atom is -0.493 e. The summed E-state index contributed by atoms with van der Waals surface area (Å²) in [7, 11) is 4.99. The van der Waals surface area contributed by atoms with Crippen LogP contribution in [0.3, 0.4) is 0 Å². The van der Waals surface area contributed by atoms with Crippen LogP contribution in [0.25, 0.3) is 0 Å². The molecule has 5 heteroatoms. The number of carbonyl (C=O) groups excluding carboxylic acids is 1. The summed E-state index contributed by atoms with van der Waals surface area (Å²) >= 11 is 0. The van der Waals surface area contributed by atoms with Crippen molar-refractivity contribution in [2.24, 2.45) is 0 Å². The summed E-state index contributed by atoms with van der Waals surface area (Å²) in [6.45, 7) is 3.27. The Morgan fingerprint density at radius 1 is 1.25 bits per heavy atom. The molecule has 0 atom stereocenters. The van der Waals surface area contributed by atoms with Crippen molar-refractivity contribution < 1.29 is 19.0 Å². The molecule has 1 amide bonds. The number of methoxy groups -OCH3 is 2. The number of hydrogen-bond donors (Lipinski definition) is 0. The molecular formula is C15H23NO4. The Morgan fingerprint density at radius 3 is 2.65 bits per heavy atom. The molecule has 0 saturated carbocycles. The second-order valence-corrected chi connectivity index (χ2v) is 4.60. The van der Waals surface area contributed by atoms with Crippen LogP contribution in [0.4, 0.5) is 0 Å². The van der Waals surface area contributed by atoms with Crippen LogP contribution < -0.4 is 9.47 Å². The average molecular weight is 281 g/mol. The first-order valence-electron chi connectivity index (χ1n) is 6.58. The van der Waals surface area contributed by atoms with Gasteiger partial charge in [-0.15, -0.1) is 0 Å². The highest BCUT2D eigenvalue weighted by Gasteiger charge is 2.11. The van der Waals surface area contributed by atoms with Gasteiger partial charge in [0.05, 0.1) is 7.11 Å². The molecule has 0 spiro atoms. The van der Waals surface area contributed by atoms with Crippen LogP contribution in [0.1, 0.15) is 12.0 Å². The van der Waals surface area contributed by atoms with Crippen LogP contribution in [0.5, 0.6) is 11.5 Å². The van der Waals surface area contributed by atoms with E-state index >= 15 is 0 Å². The molecule has 0 N–H and O–H groups in total. The third kappa shape index (κ3) is 5.09. The first-order valence-corrected chi connectivity index (χ1v) is 6.58. The summed E-state index contributed by atoms with van der Waals surface area (Å²) in [5.41, 5.74) is 1.08. The van der Waals surface area contributed by atoms with Crippen molar-refractivity contribution in [3.8, 4) is 11.5 Å². The van der Waals surface area contributed by atoms with Gasteiger partial charge in [-0.3, -0.25) is 4.79 Å². The van der Waals surface area contributed by atoms with Crippen LogP contribution in [-0.4, -0.2) is 51.8 Å². The number of nitrogens with zero attached hydrogens (tertiary/aromatic N) is 1. The molecule has 0 radical (unpaired) electrons. The lowest BCUT2D eigenvalue weighted by Gasteiger charge is -2.18. The highest BCUT2D eigenvalue weighted by Crippen LogP contribution is 2.27. The lowest BCUT2D eigenvalue weighted by molar-refractivity contribution is -0.132. The molecule has 112 valence electrons. The van der Waals surface area contributed by atoms with Crippen molar-refractivity contribution in [2.75, 3.05) is 41.0 Å². The topological polar surface area (TPSA) is 48.0 Å². The molecule has 1 aromatic rings. The smallest absolute Gasteiger partial charge is 0.260 e. The Hall–Kier alpha value is -1.75. The zero-order chi connectivity index (χ0) is 15.0. The second kappa shape index (κ2) is 8.43. The average Bonchev–Trinajstić information content (AvgIpc) is 2.45. The zero-order valence-electron chi connectivity index (χ0n) is 12.6. The molecule has 0 heterocycles. The van der Waals surface area contributed by atoms with Crippen molar-refractivity contribution in [1.82, 2.24) is 4.90 Å². The molecule has 0 aliphatic heterocycles. The first-order chi connectivity index (χ1) is 9.58. The predicted octanol–water partition coefficient (Wildman–Crippen LogP) is 1.88. The third-order valence-electron chi connectivity index (χ3n) is 2.94. The number of rotatable bonds is 8. The molecular weight excluding hydrogens is 258 g/mol. The quantitative estimate of drug-likeness (QED) is 0.683. The molecule has 5 nitrogen and oxygen atoms in total. The van der Waals surface area contributed by atoms with E-state index in [-0.39, 0.29) is 12.5 Å². The molecule has 0 unspecified atom stereocenters. The van der Waals surface area contributed by atoms with Gasteiger partial charge in [-0.25, -0.2) is 0 Å². The van der Waals surface area contributed by atoms with Crippen molar-refractivity contribution in [1.29, 1.82) is 0 Å². The van der Waals surface area contributed by atoms with E-state index in [4.69, 9.17) is 14.2 Å². The summed E-state index contributed by atoms with van der Waals surface area (Å²) in [5.74, 6) is 1.15. The highest BCUT2D eigenvalue weighted by atomic mass is 16.5. The minimum atomic E-state index is -0.0660. The number of amides is 1. The number of ether oxygens (including phenoxy) is 3. The summed E-state index contributed by atoms with van der Waals surface area (Å²) in [6.07, 6.45) is 0.812. The van der Waals surface area contributed by atoms with Gasteiger partial charge < -0.3 is 19.1 Å². The molecule has 0 aliphatic carbocycles. The number of benzene rings is 1. The fourth-order valence-corrected chi connectivity index (χ4v) is 1.71. The van der Waals surface area contributed by atoms with Crippen molar-refractivity contribution >= 4 is 5.91 Å². The molecule has 20 heavy (non-hydrogen) atoms. The maximum absolute atomic E-state index is 11.9. The Balaban J connectivity index is 2.48. The van der Waals surface area contributed by atoms with Gasteiger partial charge in [0.25, 0.3) is 5.91 Å². The second-order valence-electron chi connectivity index (χ2n) is 4.60. The lowest BCUT2D eigenvalue weighted by atomic mass is 10.2. The summed E-state index contributed by atoms with van der Waals surface area (Å²) in [4.78, 5) is 13.5. The molecule has 0 fully saturated rings. The van der Waals surface area contributed by atoms with E-state index in [0.29, 0.717) is 24.7 Å². The van der Waals surface area contributed by atoms with Gasteiger partial charge >= 0.3 is 0 Å². The Kier molecular flexibility index (Phi) is 6.87. The predicted molar refractivity (Wildman–Crippen MR) is 77.4 cm³/mol. The van der Waals surface area contributed by atoms with Crippen LogP contribution >= 0.6 is 0 Å². The Labute approximate surface area is 120 Å². The number of carbonyl (C=O) groups is 1. The maximum Gasteiger partial charge on any atom is 0.260 e. The molecule has 0 bridgehead atoms. The van der Waals surface area contributed by atoms with Gasteiger partial charge in [0.15, 0.2) is 18.1 Å². The van der Waals surface area contributed by atoms with Crippen LogP contribution in [0, 0.1) is 6.92 Å². The van der Waals surface area contributed by atoms with Crippen molar-refractivity contribution in [2.45, 2.75) is 13.3 Å². The summed E-state index contributed by atoms with van der Waals surface area (Å²) in [5, 5.41) is 0. The zero-order valence-corrected chi connectivity index (χ0v) is 12.6. The summed E-state index contributed by atoms with van der Waals surface area (Å²) in [6, 6.07) is 5.61. The number of aryl methyl sites for hydroxylation is 1. The Morgan fingerprint density at radius 2 is 2.00 bits per heavy atom. The monoisotopic (exact) mass is 281 g/mol. The van der Waals surface area contributed by atoms with Gasteiger partial charge in [0.1, 0.15) is 0 Å². The SMILES string of the molecule is COCCCN(C)C(=O)COc1ccc(C)cc1OC. The van der Waals surface area contributed by atoms with Gasteiger partial charge in [-0.1, -0.05) is 6.07 Å². The van der Waals surface area contributed by atoms with Crippen molar-refractivity contribution in [3.05, 3.63) is 23.8 Å². The fourth-order valence-electron chi connectivity index (χ4n) is 1.71. The highest BCUT2D eigenvalue weighted by molar-refractivity contribution is 5.77. The van der Waals surface area contributed by atoms with Crippen LogP contribution in [0.15, 0.2) is 18.2 Å². The van der Waals surface area contributed by atoms with E-state index in [9.17, 15) is 4.79 Å². The first kappa shape index (κ1) is 16.3. The van der Waals surface area contributed by atoms with E-state index in [1.165, 1.54) is 0 Å². The molecule has 0 aliphatic rings. The molecule has 1 aromatic carbocycles. The van der Waals surface area contributed by atoms with E-state index in [0.717, 1.165) is 12.0 Å². The number of hydrogen-bond acceptors (Lipinski definition) is 4. The van der Waals surface area contributed by atoms with Gasteiger partial charge in [0, 0.05) is 27.3 Å². The van der Waals surface area contributed by atoms with Crippen molar-refractivity contribution in [3.63, 3.8) is 0 Å². The Bertz CT molecular complexity index is 434. The number of likely N-dealkylation sites (N-methyl/N-ethyl adjacent to an activating group) is 1. The maximum atomic E-state index is 11.9. The summed E-state index contributed by atoms with van der Waals surface area (Å²) < 4.78 is 15.7. The van der Waals surface area contributed by atoms with Gasteiger partial charge in [-0.05, 0) is 31.0 Å². The lowest BCUT2D eigenvalue weighted by Crippen LogP contribution is -2.32. The fraction of sp³-hybridized carbons (Fsp3) is 0.533. The largest absolute Gasteiger partial charge is 0.493 e. The van der Waals surface area contributed by atoms with E-state index in [1.807, 2.05) is 25.1 Å². The van der Waals surface area contributed by atoms with E-state index in [1.54, 1.807) is 26.2 Å². The molecule has 0 saturated heterocycles. The molecule has 1 rings (SSSR count). The normalized spacial score (nSPS) is 10.2. The van der Waals surface area contributed by atoms with E-state index < -0.39 is 0 Å². The third-order valence-corrected chi connectivity index (χ3v) is 2.94.